The Morgan fingerprint density at radius 1 is 1.44 bits per heavy atom. The molecular formula is C14H24N4. The van der Waals surface area contributed by atoms with Crippen molar-refractivity contribution in [1.82, 2.24) is 14.9 Å². The van der Waals surface area contributed by atoms with Gasteiger partial charge in [0.25, 0.3) is 0 Å². The lowest BCUT2D eigenvalue weighted by Gasteiger charge is -2.29. The second kappa shape index (κ2) is 5.53. The molecule has 0 aromatic carbocycles. The molecule has 0 fully saturated rings. The quantitative estimate of drug-likeness (QED) is 0.871. The van der Waals surface area contributed by atoms with E-state index in [9.17, 15) is 5.26 Å². The van der Waals surface area contributed by atoms with Crippen LogP contribution in [-0.4, -0.2) is 21.1 Å². The van der Waals surface area contributed by atoms with Crippen molar-refractivity contribution in [1.29, 1.82) is 5.26 Å². The third kappa shape index (κ3) is 3.33. The maximum absolute atomic E-state index is 9.37. The van der Waals surface area contributed by atoms with Gasteiger partial charge in [0.05, 0.1) is 18.1 Å². The zero-order valence-electron chi connectivity index (χ0n) is 12.3. The number of nitrogens with zero attached hydrogens (tertiary/aromatic N) is 3. The number of nitrogens with one attached hydrogen (secondary N) is 1. The highest BCUT2D eigenvalue weighted by Crippen LogP contribution is 2.23. The Morgan fingerprint density at radius 2 is 2.06 bits per heavy atom. The Hall–Kier alpha value is -1.34. The van der Waals surface area contributed by atoms with E-state index in [4.69, 9.17) is 0 Å². The van der Waals surface area contributed by atoms with Crippen molar-refractivity contribution in [3.63, 3.8) is 0 Å². The third-order valence-corrected chi connectivity index (χ3v) is 3.32. The molecule has 0 bridgehead atoms. The summed E-state index contributed by atoms with van der Waals surface area (Å²) in [5.41, 5.74) is 1.72. The van der Waals surface area contributed by atoms with Crippen molar-refractivity contribution in [2.45, 2.75) is 65.6 Å². The average molecular weight is 248 g/mol. The lowest BCUT2D eigenvalue weighted by atomic mass is 9.94. The van der Waals surface area contributed by atoms with E-state index in [1.165, 1.54) is 5.69 Å². The van der Waals surface area contributed by atoms with E-state index >= 15 is 0 Å². The topological polar surface area (TPSA) is 53.6 Å². The normalized spacial score (nSPS) is 16.3. The van der Waals surface area contributed by atoms with Gasteiger partial charge in [0.1, 0.15) is 5.54 Å². The van der Waals surface area contributed by atoms with Gasteiger partial charge >= 0.3 is 0 Å². The Morgan fingerprint density at radius 3 is 2.44 bits per heavy atom. The molecule has 0 saturated heterocycles. The minimum atomic E-state index is -0.502. The highest BCUT2D eigenvalue weighted by Gasteiger charge is 2.28. The van der Waals surface area contributed by atoms with Crippen LogP contribution in [0.25, 0.3) is 0 Å². The van der Waals surface area contributed by atoms with E-state index in [-0.39, 0.29) is 6.04 Å². The van der Waals surface area contributed by atoms with Crippen LogP contribution in [0.4, 0.5) is 0 Å². The molecule has 0 spiro atoms. The van der Waals surface area contributed by atoms with Crippen LogP contribution in [-0.2, 0) is 0 Å². The Balaban J connectivity index is 2.83. The van der Waals surface area contributed by atoms with Gasteiger partial charge in [-0.2, -0.15) is 5.26 Å². The number of imidazole rings is 1. The molecule has 1 N–H and O–H groups in total. The minimum absolute atomic E-state index is 0.252. The summed E-state index contributed by atoms with van der Waals surface area (Å²) >= 11 is 0. The zero-order chi connectivity index (χ0) is 13.9. The smallest absolute Gasteiger partial charge is 0.106 e. The summed E-state index contributed by atoms with van der Waals surface area (Å²) in [5.74, 6) is 0. The molecule has 100 valence electrons. The summed E-state index contributed by atoms with van der Waals surface area (Å²) < 4.78 is 2.15. The molecule has 2 unspecified atom stereocenters. The molecule has 2 atom stereocenters. The van der Waals surface area contributed by atoms with Crippen LogP contribution in [0, 0.1) is 25.2 Å². The molecule has 0 amide bonds. The van der Waals surface area contributed by atoms with Gasteiger partial charge in [-0.3, -0.25) is 5.32 Å². The molecule has 0 aliphatic rings. The van der Waals surface area contributed by atoms with Gasteiger partial charge in [-0.1, -0.05) is 0 Å². The van der Waals surface area contributed by atoms with Gasteiger partial charge in [-0.25, -0.2) is 4.98 Å². The van der Waals surface area contributed by atoms with Crippen molar-refractivity contribution in [2.24, 2.45) is 0 Å². The number of aromatic nitrogens is 2. The molecular weight excluding hydrogens is 224 g/mol. The second-order valence-corrected chi connectivity index (χ2v) is 5.62. The van der Waals surface area contributed by atoms with Gasteiger partial charge in [0.15, 0.2) is 0 Å². The van der Waals surface area contributed by atoms with Gasteiger partial charge in [0.2, 0.25) is 0 Å². The number of hydrogen-bond acceptors (Lipinski definition) is 3. The molecule has 1 aromatic heterocycles. The van der Waals surface area contributed by atoms with E-state index in [0.29, 0.717) is 6.04 Å². The first kappa shape index (κ1) is 14.7. The van der Waals surface area contributed by atoms with Crippen LogP contribution in [0.5, 0.6) is 0 Å². The Kier molecular flexibility index (Phi) is 4.53. The predicted octanol–water partition coefficient (Wildman–Crippen LogP) is 2.73. The molecule has 4 nitrogen and oxygen atoms in total. The predicted molar refractivity (Wildman–Crippen MR) is 73.3 cm³/mol. The molecule has 0 aliphatic heterocycles. The molecule has 1 heterocycles. The van der Waals surface area contributed by atoms with Gasteiger partial charge in [0, 0.05) is 17.8 Å². The molecule has 18 heavy (non-hydrogen) atoms. The number of hydrogen-bond donors (Lipinski definition) is 1. The maximum Gasteiger partial charge on any atom is 0.106 e. The SMILES string of the molecule is Cc1ncn(C(C)CC(C)(C#N)NC(C)C)c1C. The number of rotatable bonds is 5. The highest BCUT2D eigenvalue weighted by atomic mass is 15.1. The molecule has 0 aliphatic carbocycles. The van der Waals surface area contributed by atoms with Crippen LogP contribution in [0.3, 0.4) is 0 Å². The van der Waals surface area contributed by atoms with Crippen molar-refractivity contribution < 1.29 is 0 Å². The minimum Gasteiger partial charge on any atom is -0.332 e. The Bertz CT molecular complexity index is 441. The summed E-state index contributed by atoms with van der Waals surface area (Å²) in [7, 11) is 0. The van der Waals surface area contributed by atoms with E-state index in [1.54, 1.807) is 0 Å². The summed E-state index contributed by atoms with van der Waals surface area (Å²) in [6, 6.07) is 2.94. The van der Waals surface area contributed by atoms with E-state index in [0.717, 1.165) is 12.1 Å². The summed E-state index contributed by atoms with van der Waals surface area (Å²) in [6.07, 6.45) is 2.63. The standard InChI is InChI=1S/C14H24N4/c1-10(2)17-14(6,8-15)7-11(3)18-9-16-12(4)13(18)5/h9-11,17H,7H2,1-6H3. The van der Waals surface area contributed by atoms with Crippen LogP contribution in [0.2, 0.25) is 0 Å². The van der Waals surface area contributed by atoms with E-state index < -0.39 is 5.54 Å². The maximum atomic E-state index is 9.37. The third-order valence-electron chi connectivity index (χ3n) is 3.32. The van der Waals surface area contributed by atoms with Gasteiger partial charge < -0.3 is 4.57 Å². The van der Waals surface area contributed by atoms with Crippen molar-refractivity contribution >= 4 is 0 Å². The lowest BCUT2D eigenvalue weighted by Crippen LogP contribution is -2.46. The second-order valence-electron chi connectivity index (χ2n) is 5.62. The first-order chi connectivity index (χ1) is 8.29. The zero-order valence-corrected chi connectivity index (χ0v) is 12.3. The first-order valence-corrected chi connectivity index (χ1v) is 6.48. The number of nitriles is 1. The van der Waals surface area contributed by atoms with Crippen molar-refractivity contribution in [3.05, 3.63) is 17.7 Å². The molecule has 4 heteroatoms. The summed E-state index contributed by atoms with van der Waals surface area (Å²) in [5, 5.41) is 12.7. The molecule has 1 rings (SSSR count). The van der Waals surface area contributed by atoms with Crippen LogP contribution < -0.4 is 5.32 Å². The first-order valence-electron chi connectivity index (χ1n) is 6.48. The monoisotopic (exact) mass is 248 g/mol. The van der Waals surface area contributed by atoms with Crippen LogP contribution in [0.1, 0.15) is 51.5 Å². The van der Waals surface area contributed by atoms with E-state index in [2.05, 4.69) is 48.6 Å². The lowest BCUT2D eigenvalue weighted by molar-refractivity contribution is 0.324. The van der Waals surface area contributed by atoms with Gasteiger partial charge in [-0.15, -0.1) is 0 Å². The fourth-order valence-electron chi connectivity index (χ4n) is 2.42. The fraction of sp³-hybridized carbons (Fsp3) is 0.714. The highest BCUT2D eigenvalue weighted by molar-refractivity contribution is 5.12. The van der Waals surface area contributed by atoms with E-state index in [1.807, 2.05) is 20.2 Å². The number of aryl methyl sites for hydroxylation is 1. The van der Waals surface area contributed by atoms with Gasteiger partial charge in [-0.05, 0) is 48.0 Å². The largest absolute Gasteiger partial charge is 0.332 e. The fourth-order valence-corrected chi connectivity index (χ4v) is 2.42. The van der Waals surface area contributed by atoms with Crippen LogP contribution >= 0.6 is 0 Å². The summed E-state index contributed by atoms with van der Waals surface area (Å²) in [6.45, 7) is 12.3. The average Bonchev–Trinajstić information content (AvgIpc) is 2.58. The van der Waals surface area contributed by atoms with Crippen molar-refractivity contribution in [2.75, 3.05) is 0 Å². The summed E-state index contributed by atoms with van der Waals surface area (Å²) in [4.78, 5) is 4.31. The molecule has 1 aromatic rings. The van der Waals surface area contributed by atoms with Crippen LogP contribution in [0.15, 0.2) is 6.33 Å². The Labute approximate surface area is 110 Å². The molecule has 0 radical (unpaired) electrons. The molecule has 0 saturated carbocycles. The van der Waals surface area contributed by atoms with Crippen molar-refractivity contribution in [3.8, 4) is 6.07 Å².